The van der Waals surface area contributed by atoms with Crippen molar-refractivity contribution < 1.29 is 14.3 Å². The van der Waals surface area contributed by atoms with Crippen LogP contribution in [0.1, 0.15) is 23.2 Å². The molecule has 1 unspecified atom stereocenters. The monoisotopic (exact) mass is 312 g/mol. The quantitative estimate of drug-likeness (QED) is 0.684. The van der Waals surface area contributed by atoms with E-state index in [0.717, 1.165) is 25.9 Å². The molecule has 1 aliphatic heterocycles. The number of carbonyl (C=O) groups excluding carboxylic acids is 1. The van der Waals surface area contributed by atoms with Crippen LogP contribution in [0.2, 0.25) is 5.02 Å². The van der Waals surface area contributed by atoms with E-state index in [2.05, 4.69) is 4.90 Å². The number of hydrogen-bond donors (Lipinski definition) is 1. The number of rotatable bonds is 4. The fourth-order valence-corrected chi connectivity index (χ4v) is 3.19. The predicted molar refractivity (Wildman–Crippen MR) is 84.0 cm³/mol. The second-order valence-electron chi connectivity index (χ2n) is 5.30. The van der Waals surface area contributed by atoms with Crippen LogP contribution in [0.15, 0.2) is 12.1 Å². The predicted octanol–water partition coefficient (Wildman–Crippen LogP) is 2.57. The Kier molecular flexibility index (Phi) is 5.31. The summed E-state index contributed by atoms with van der Waals surface area (Å²) in [5.41, 5.74) is 7.37. The first-order valence-corrected chi connectivity index (χ1v) is 7.35. The maximum Gasteiger partial charge on any atom is 0.340 e. The van der Waals surface area contributed by atoms with Gasteiger partial charge in [-0.3, -0.25) is 0 Å². The maximum absolute atomic E-state index is 12.0. The molecule has 21 heavy (non-hydrogen) atoms. The van der Waals surface area contributed by atoms with Crippen LogP contribution in [0.4, 0.5) is 11.4 Å². The molecule has 1 atom stereocenters. The molecule has 0 saturated carbocycles. The number of anilines is 2. The molecule has 2 N–H and O–H groups in total. The minimum Gasteiger partial charge on any atom is -0.465 e. The Morgan fingerprint density at radius 1 is 1.48 bits per heavy atom. The third-order valence-corrected chi connectivity index (χ3v) is 4.02. The first-order chi connectivity index (χ1) is 10.1. The average Bonchev–Trinajstić information content (AvgIpc) is 2.46. The first-order valence-electron chi connectivity index (χ1n) is 6.98. The molecule has 1 fully saturated rings. The van der Waals surface area contributed by atoms with E-state index in [0.29, 0.717) is 34.5 Å². The van der Waals surface area contributed by atoms with Crippen LogP contribution in [0.3, 0.4) is 0 Å². The molecule has 0 bridgehead atoms. The highest BCUT2D eigenvalue weighted by atomic mass is 35.5. The Bertz CT molecular complexity index is 520. The van der Waals surface area contributed by atoms with E-state index in [-0.39, 0.29) is 0 Å². The van der Waals surface area contributed by atoms with Gasteiger partial charge in [0, 0.05) is 25.9 Å². The van der Waals surface area contributed by atoms with Crippen molar-refractivity contribution in [2.45, 2.75) is 12.8 Å². The highest BCUT2D eigenvalue weighted by molar-refractivity contribution is 6.34. The summed E-state index contributed by atoms with van der Waals surface area (Å²) < 4.78 is 10.1. The standard InChI is InChI=1S/C15H21ClN2O3/c1-20-9-10-4-3-5-18(8-10)14-12(15(19)21-2)6-11(17)7-13(14)16/h6-7,10H,3-5,8-9,17H2,1-2H3. The Hall–Kier alpha value is -1.46. The Labute approximate surface area is 130 Å². The van der Waals surface area contributed by atoms with Gasteiger partial charge in [-0.2, -0.15) is 0 Å². The van der Waals surface area contributed by atoms with Crippen molar-refractivity contribution in [1.29, 1.82) is 0 Å². The van der Waals surface area contributed by atoms with E-state index in [1.807, 2.05) is 0 Å². The number of hydrogen-bond acceptors (Lipinski definition) is 5. The number of nitrogens with zero attached hydrogens (tertiary/aromatic N) is 1. The highest BCUT2D eigenvalue weighted by Crippen LogP contribution is 2.35. The van der Waals surface area contributed by atoms with E-state index in [9.17, 15) is 4.79 Å². The van der Waals surface area contributed by atoms with Gasteiger partial charge in [-0.05, 0) is 30.9 Å². The molecule has 0 aromatic heterocycles. The molecule has 2 rings (SSSR count). The molecule has 116 valence electrons. The molecule has 5 nitrogen and oxygen atoms in total. The zero-order chi connectivity index (χ0) is 15.4. The zero-order valence-electron chi connectivity index (χ0n) is 12.4. The summed E-state index contributed by atoms with van der Waals surface area (Å²) in [5, 5.41) is 0.480. The number of esters is 1. The summed E-state index contributed by atoms with van der Waals surface area (Å²) in [4.78, 5) is 14.1. The molecule has 1 heterocycles. The van der Waals surface area contributed by atoms with Crippen molar-refractivity contribution in [3.8, 4) is 0 Å². The van der Waals surface area contributed by atoms with E-state index in [1.54, 1.807) is 19.2 Å². The van der Waals surface area contributed by atoms with Crippen LogP contribution in [0.5, 0.6) is 0 Å². The van der Waals surface area contributed by atoms with Gasteiger partial charge in [-0.25, -0.2) is 4.79 Å². The third kappa shape index (κ3) is 3.60. The summed E-state index contributed by atoms with van der Waals surface area (Å²) in [7, 11) is 3.06. The van der Waals surface area contributed by atoms with Crippen molar-refractivity contribution in [2.24, 2.45) is 5.92 Å². The molecular formula is C15H21ClN2O3. The van der Waals surface area contributed by atoms with Gasteiger partial charge in [0.15, 0.2) is 0 Å². The van der Waals surface area contributed by atoms with Crippen LogP contribution >= 0.6 is 11.6 Å². The van der Waals surface area contributed by atoms with E-state index < -0.39 is 5.97 Å². The largest absolute Gasteiger partial charge is 0.465 e. The molecule has 0 aliphatic carbocycles. The van der Waals surface area contributed by atoms with Crippen molar-refractivity contribution in [3.63, 3.8) is 0 Å². The molecule has 0 amide bonds. The van der Waals surface area contributed by atoms with Crippen LogP contribution < -0.4 is 10.6 Å². The molecule has 0 radical (unpaired) electrons. The fourth-order valence-electron chi connectivity index (χ4n) is 2.85. The van der Waals surface area contributed by atoms with Gasteiger partial charge in [-0.15, -0.1) is 0 Å². The lowest BCUT2D eigenvalue weighted by Gasteiger charge is -2.35. The van der Waals surface area contributed by atoms with Gasteiger partial charge in [0.25, 0.3) is 0 Å². The van der Waals surface area contributed by atoms with Crippen molar-refractivity contribution in [2.75, 3.05) is 44.5 Å². The minimum absolute atomic E-state index is 0.417. The van der Waals surface area contributed by atoms with Gasteiger partial charge in [0.1, 0.15) is 0 Å². The molecule has 6 heteroatoms. The average molecular weight is 313 g/mol. The van der Waals surface area contributed by atoms with Gasteiger partial charge < -0.3 is 20.1 Å². The number of benzene rings is 1. The van der Waals surface area contributed by atoms with Crippen molar-refractivity contribution in [3.05, 3.63) is 22.7 Å². The maximum atomic E-state index is 12.0. The molecule has 1 aliphatic rings. The number of carbonyl (C=O) groups is 1. The summed E-state index contributed by atoms with van der Waals surface area (Å²) in [6.45, 7) is 2.37. The molecule has 1 saturated heterocycles. The molecule has 0 spiro atoms. The molecular weight excluding hydrogens is 292 g/mol. The summed E-state index contributed by atoms with van der Waals surface area (Å²) >= 11 is 6.33. The van der Waals surface area contributed by atoms with Gasteiger partial charge in [0.2, 0.25) is 0 Å². The topological polar surface area (TPSA) is 64.8 Å². The van der Waals surface area contributed by atoms with Crippen LogP contribution in [0, 0.1) is 5.92 Å². The second kappa shape index (κ2) is 7.00. The zero-order valence-corrected chi connectivity index (χ0v) is 13.2. The summed E-state index contributed by atoms with van der Waals surface area (Å²) in [6, 6.07) is 3.29. The van der Waals surface area contributed by atoms with E-state index >= 15 is 0 Å². The van der Waals surface area contributed by atoms with Crippen molar-refractivity contribution >= 4 is 28.9 Å². The smallest absolute Gasteiger partial charge is 0.340 e. The number of methoxy groups -OCH3 is 2. The number of halogens is 1. The van der Waals surface area contributed by atoms with Crippen LogP contribution in [-0.4, -0.2) is 39.9 Å². The fraction of sp³-hybridized carbons (Fsp3) is 0.533. The lowest BCUT2D eigenvalue weighted by molar-refractivity contribution is 0.0601. The lowest BCUT2D eigenvalue weighted by Crippen LogP contribution is -2.38. The normalized spacial score (nSPS) is 18.6. The lowest BCUT2D eigenvalue weighted by atomic mass is 9.97. The Balaban J connectivity index is 2.35. The first kappa shape index (κ1) is 15.9. The number of nitrogen functional groups attached to an aromatic ring is 1. The highest BCUT2D eigenvalue weighted by Gasteiger charge is 2.26. The van der Waals surface area contributed by atoms with Gasteiger partial charge in [0.05, 0.1) is 30.0 Å². The van der Waals surface area contributed by atoms with Gasteiger partial charge in [-0.1, -0.05) is 11.6 Å². The third-order valence-electron chi connectivity index (χ3n) is 3.73. The van der Waals surface area contributed by atoms with E-state index in [4.69, 9.17) is 26.8 Å². The molecule has 1 aromatic rings. The van der Waals surface area contributed by atoms with Crippen LogP contribution in [0.25, 0.3) is 0 Å². The SMILES string of the molecule is COCC1CCCN(c2c(Cl)cc(N)cc2C(=O)OC)C1. The number of piperidine rings is 1. The number of nitrogens with two attached hydrogens (primary N) is 1. The molecule has 1 aromatic carbocycles. The summed E-state index contributed by atoms with van der Waals surface area (Å²) in [6.07, 6.45) is 2.15. The minimum atomic E-state index is -0.423. The number of ether oxygens (including phenoxy) is 2. The van der Waals surface area contributed by atoms with Crippen LogP contribution in [-0.2, 0) is 9.47 Å². The Morgan fingerprint density at radius 3 is 2.90 bits per heavy atom. The second-order valence-corrected chi connectivity index (χ2v) is 5.71. The summed E-state index contributed by atoms with van der Waals surface area (Å²) in [5.74, 6) is 0.0101. The van der Waals surface area contributed by atoms with Crippen molar-refractivity contribution in [1.82, 2.24) is 0 Å². The van der Waals surface area contributed by atoms with E-state index in [1.165, 1.54) is 7.11 Å². The van der Waals surface area contributed by atoms with Gasteiger partial charge >= 0.3 is 5.97 Å². The Morgan fingerprint density at radius 2 is 2.24 bits per heavy atom.